The minimum Gasteiger partial charge on any atom is -0.493 e. The second-order valence-corrected chi connectivity index (χ2v) is 4.08. The Kier molecular flexibility index (Phi) is 4.83. The van der Waals surface area contributed by atoms with E-state index in [1.165, 1.54) is 0 Å². The molecular formula is C15H16N2O3. The van der Waals surface area contributed by atoms with Crippen LogP contribution in [0.2, 0.25) is 0 Å². The van der Waals surface area contributed by atoms with Gasteiger partial charge in [0.15, 0.2) is 0 Å². The molecule has 0 saturated carbocycles. The Morgan fingerprint density at radius 3 is 2.20 bits per heavy atom. The van der Waals surface area contributed by atoms with E-state index >= 15 is 0 Å². The monoisotopic (exact) mass is 272 g/mol. The predicted molar refractivity (Wildman–Crippen MR) is 76.5 cm³/mol. The lowest BCUT2D eigenvalue weighted by Crippen LogP contribution is -2.15. The van der Waals surface area contributed by atoms with Gasteiger partial charge in [-0.15, -0.1) is 0 Å². The second-order valence-electron chi connectivity index (χ2n) is 4.08. The number of nitrogens with two attached hydrogens (primary N) is 1. The summed E-state index contributed by atoms with van der Waals surface area (Å²) < 4.78 is 11.1. The van der Waals surface area contributed by atoms with Crippen LogP contribution in [-0.4, -0.2) is 17.6 Å². The molecule has 20 heavy (non-hydrogen) atoms. The highest BCUT2D eigenvalue weighted by atomic mass is 16.5. The Bertz CT molecular complexity index is 553. The van der Waals surface area contributed by atoms with Gasteiger partial charge in [0.2, 0.25) is 0 Å². The van der Waals surface area contributed by atoms with E-state index in [1.54, 1.807) is 0 Å². The first-order valence-electron chi connectivity index (χ1n) is 6.20. The molecule has 0 fully saturated rings. The van der Waals surface area contributed by atoms with E-state index in [0.717, 1.165) is 11.5 Å². The summed E-state index contributed by atoms with van der Waals surface area (Å²) in [6.07, 6.45) is 0.374. The molecule has 0 radical (unpaired) electrons. The van der Waals surface area contributed by atoms with Gasteiger partial charge in [0, 0.05) is 6.42 Å². The largest absolute Gasteiger partial charge is 0.493 e. The van der Waals surface area contributed by atoms with Crippen LogP contribution in [0.4, 0.5) is 0 Å². The second kappa shape index (κ2) is 7.04. The maximum Gasteiger partial charge on any atom is 0.142 e. The first-order chi connectivity index (χ1) is 9.78. The molecule has 2 rings (SSSR count). The van der Waals surface area contributed by atoms with Crippen LogP contribution >= 0.6 is 0 Å². The smallest absolute Gasteiger partial charge is 0.142 e. The standard InChI is InChI=1S/C15H16N2O3/c16-15(17-18)10-11-19-12-6-8-14(9-7-12)20-13-4-2-1-3-5-13/h1-9,18H,10-11H2,(H2,16,17). The van der Waals surface area contributed by atoms with Crippen molar-refractivity contribution < 1.29 is 14.7 Å². The molecule has 0 atom stereocenters. The summed E-state index contributed by atoms with van der Waals surface area (Å²) in [5.74, 6) is 2.37. The van der Waals surface area contributed by atoms with E-state index in [1.807, 2.05) is 54.6 Å². The number of nitrogens with zero attached hydrogens (tertiary/aromatic N) is 1. The van der Waals surface area contributed by atoms with Crippen LogP contribution in [0.5, 0.6) is 17.2 Å². The molecule has 0 heterocycles. The van der Waals surface area contributed by atoms with Crippen LogP contribution in [0.3, 0.4) is 0 Å². The Morgan fingerprint density at radius 1 is 0.950 bits per heavy atom. The Balaban J connectivity index is 1.87. The van der Waals surface area contributed by atoms with Gasteiger partial charge in [-0.1, -0.05) is 23.4 Å². The molecule has 0 aliphatic carbocycles. The fourth-order valence-corrected chi connectivity index (χ4v) is 1.55. The van der Waals surface area contributed by atoms with Crippen molar-refractivity contribution in [3.05, 3.63) is 54.6 Å². The highest BCUT2D eigenvalue weighted by Gasteiger charge is 1.99. The van der Waals surface area contributed by atoms with Gasteiger partial charge in [-0.25, -0.2) is 0 Å². The number of amidine groups is 1. The molecule has 5 nitrogen and oxygen atoms in total. The zero-order valence-electron chi connectivity index (χ0n) is 10.9. The maximum absolute atomic E-state index is 8.40. The van der Waals surface area contributed by atoms with E-state index in [-0.39, 0.29) is 5.84 Å². The van der Waals surface area contributed by atoms with Gasteiger partial charge in [0.05, 0.1) is 6.61 Å². The maximum atomic E-state index is 8.40. The van der Waals surface area contributed by atoms with Gasteiger partial charge in [-0.3, -0.25) is 0 Å². The summed E-state index contributed by atoms with van der Waals surface area (Å²) in [7, 11) is 0. The van der Waals surface area contributed by atoms with Crippen molar-refractivity contribution in [1.82, 2.24) is 0 Å². The van der Waals surface area contributed by atoms with E-state index in [4.69, 9.17) is 20.4 Å². The summed E-state index contributed by atoms with van der Waals surface area (Å²) >= 11 is 0. The van der Waals surface area contributed by atoms with Gasteiger partial charge in [-0.2, -0.15) is 0 Å². The molecule has 0 aliphatic heterocycles. The average Bonchev–Trinajstić information content (AvgIpc) is 2.50. The normalized spacial score (nSPS) is 11.1. The molecule has 0 spiro atoms. The van der Waals surface area contributed by atoms with Crippen molar-refractivity contribution in [2.45, 2.75) is 6.42 Å². The van der Waals surface area contributed by atoms with Crippen LogP contribution in [0.25, 0.3) is 0 Å². The van der Waals surface area contributed by atoms with Crippen LogP contribution in [0.1, 0.15) is 6.42 Å². The third-order valence-electron chi connectivity index (χ3n) is 2.56. The van der Waals surface area contributed by atoms with Crippen molar-refractivity contribution >= 4 is 5.84 Å². The average molecular weight is 272 g/mol. The Morgan fingerprint density at radius 2 is 1.55 bits per heavy atom. The first-order valence-corrected chi connectivity index (χ1v) is 6.20. The summed E-state index contributed by atoms with van der Waals surface area (Å²) in [4.78, 5) is 0. The summed E-state index contributed by atoms with van der Waals surface area (Å²) in [5.41, 5.74) is 5.35. The zero-order valence-corrected chi connectivity index (χ0v) is 10.9. The van der Waals surface area contributed by atoms with E-state index in [9.17, 15) is 0 Å². The number of hydrogen-bond donors (Lipinski definition) is 2. The lowest BCUT2D eigenvalue weighted by molar-refractivity contribution is 0.305. The van der Waals surface area contributed by atoms with Crippen LogP contribution < -0.4 is 15.2 Å². The molecule has 0 unspecified atom stereocenters. The van der Waals surface area contributed by atoms with Crippen LogP contribution in [0.15, 0.2) is 59.8 Å². The predicted octanol–water partition coefficient (Wildman–Crippen LogP) is 2.99. The molecule has 0 saturated heterocycles. The topological polar surface area (TPSA) is 77.1 Å². The van der Waals surface area contributed by atoms with Gasteiger partial charge < -0.3 is 20.4 Å². The molecule has 0 amide bonds. The summed E-state index contributed by atoms with van der Waals surface area (Å²) in [6, 6.07) is 16.8. The van der Waals surface area contributed by atoms with Crippen molar-refractivity contribution in [3.8, 4) is 17.2 Å². The van der Waals surface area contributed by atoms with Crippen LogP contribution in [0, 0.1) is 0 Å². The number of para-hydroxylation sites is 1. The van der Waals surface area contributed by atoms with E-state index in [2.05, 4.69) is 5.16 Å². The van der Waals surface area contributed by atoms with Crippen molar-refractivity contribution in [2.75, 3.05) is 6.61 Å². The highest BCUT2D eigenvalue weighted by Crippen LogP contribution is 2.23. The third kappa shape index (κ3) is 4.20. The van der Waals surface area contributed by atoms with E-state index in [0.29, 0.717) is 18.8 Å². The van der Waals surface area contributed by atoms with E-state index < -0.39 is 0 Å². The van der Waals surface area contributed by atoms with Crippen molar-refractivity contribution in [3.63, 3.8) is 0 Å². The molecule has 0 aliphatic rings. The number of hydrogen-bond acceptors (Lipinski definition) is 4. The minimum atomic E-state index is 0.147. The van der Waals surface area contributed by atoms with Crippen molar-refractivity contribution in [2.24, 2.45) is 10.9 Å². The quantitative estimate of drug-likeness (QED) is 0.367. The SMILES string of the molecule is N/C(CCOc1ccc(Oc2ccccc2)cc1)=N\O. The minimum absolute atomic E-state index is 0.147. The van der Waals surface area contributed by atoms with Crippen LogP contribution in [-0.2, 0) is 0 Å². The zero-order chi connectivity index (χ0) is 14.2. The first kappa shape index (κ1) is 13.7. The van der Waals surface area contributed by atoms with Gasteiger partial charge >= 0.3 is 0 Å². The Hall–Kier alpha value is -2.69. The molecule has 0 aromatic heterocycles. The number of ether oxygens (including phenoxy) is 2. The molecule has 5 heteroatoms. The molecule has 3 N–H and O–H groups in total. The van der Waals surface area contributed by atoms with Gasteiger partial charge in [-0.05, 0) is 36.4 Å². The highest BCUT2D eigenvalue weighted by molar-refractivity contribution is 5.79. The molecule has 0 bridgehead atoms. The lowest BCUT2D eigenvalue weighted by atomic mass is 10.3. The molecular weight excluding hydrogens is 256 g/mol. The third-order valence-corrected chi connectivity index (χ3v) is 2.56. The van der Waals surface area contributed by atoms with Gasteiger partial charge in [0.1, 0.15) is 23.1 Å². The summed E-state index contributed by atoms with van der Waals surface area (Å²) in [5, 5.41) is 11.3. The molecule has 104 valence electrons. The fourth-order valence-electron chi connectivity index (χ4n) is 1.55. The number of benzene rings is 2. The number of rotatable bonds is 6. The molecule has 2 aromatic carbocycles. The van der Waals surface area contributed by atoms with Gasteiger partial charge in [0.25, 0.3) is 0 Å². The lowest BCUT2D eigenvalue weighted by Gasteiger charge is -2.08. The number of oxime groups is 1. The summed E-state index contributed by atoms with van der Waals surface area (Å²) in [6.45, 7) is 0.356. The Labute approximate surface area is 117 Å². The van der Waals surface area contributed by atoms with Crippen molar-refractivity contribution in [1.29, 1.82) is 0 Å². The molecule has 2 aromatic rings. The fraction of sp³-hybridized carbons (Fsp3) is 0.133.